The zero-order valence-electron chi connectivity index (χ0n) is 11.8. The smallest absolute Gasteiger partial charge is 0.151 e. The van der Waals surface area contributed by atoms with Gasteiger partial charge in [-0.05, 0) is 30.3 Å². The van der Waals surface area contributed by atoms with Crippen LogP contribution in [0.25, 0.3) is 20.9 Å². The van der Waals surface area contributed by atoms with Crippen LogP contribution in [-0.2, 0) is 0 Å². The highest BCUT2D eigenvalue weighted by Gasteiger charge is 2.12. The molecule has 3 heterocycles. The maximum Gasteiger partial charge on any atom is 0.151 e. The summed E-state index contributed by atoms with van der Waals surface area (Å²) in [5, 5.41) is 12.8. The molecule has 7 heteroatoms. The van der Waals surface area contributed by atoms with Gasteiger partial charge in [0.1, 0.15) is 17.8 Å². The van der Waals surface area contributed by atoms with E-state index in [0.29, 0.717) is 5.82 Å². The molecule has 0 aliphatic heterocycles. The lowest BCUT2D eigenvalue weighted by Crippen LogP contribution is -1.93. The van der Waals surface area contributed by atoms with Crippen LogP contribution >= 0.6 is 23.7 Å². The molecular formula is C16H12ClN3O2S. The number of phenolic OH excluding ortho intramolecular Hbond substituents is 1. The number of benzene rings is 1. The number of nitrogens with zero attached hydrogens (tertiary/aromatic N) is 2. The first kappa shape index (κ1) is 15.3. The molecule has 2 N–H and O–H groups in total. The maximum absolute atomic E-state index is 9.55. The Balaban J connectivity index is 0.00000156. The molecule has 0 unspecified atom stereocenters. The third-order valence-corrected chi connectivity index (χ3v) is 4.33. The van der Waals surface area contributed by atoms with Gasteiger partial charge in [0.05, 0.1) is 21.4 Å². The fraction of sp³-hybridized carbons (Fsp3) is 0. The quantitative estimate of drug-likeness (QED) is 0.557. The number of aromatic hydroxyl groups is 1. The Hall–Kier alpha value is -2.57. The topological polar surface area (TPSA) is 71.2 Å². The summed E-state index contributed by atoms with van der Waals surface area (Å²) in [6, 6.07) is 12.7. The van der Waals surface area contributed by atoms with E-state index in [9.17, 15) is 5.11 Å². The van der Waals surface area contributed by atoms with Gasteiger partial charge in [0.25, 0.3) is 0 Å². The first-order valence-corrected chi connectivity index (χ1v) is 7.46. The third kappa shape index (κ3) is 2.99. The van der Waals surface area contributed by atoms with Gasteiger partial charge in [0.15, 0.2) is 5.82 Å². The van der Waals surface area contributed by atoms with Crippen LogP contribution in [0, 0.1) is 0 Å². The Labute approximate surface area is 142 Å². The number of hydrogen-bond acceptors (Lipinski definition) is 6. The van der Waals surface area contributed by atoms with Crippen LogP contribution in [0.15, 0.2) is 59.5 Å². The van der Waals surface area contributed by atoms with E-state index in [0.717, 1.165) is 26.5 Å². The van der Waals surface area contributed by atoms with E-state index in [-0.39, 0.29) is 18.2 Å². The average molecular weight is 346 g/mol. The van der Waals surface area contributed by atoms with E-state index in [2.05, 4.69) is 15.3 Å². The van der Waals surface area contributed by atoms with Crippen molar-refractivity contribution in [3.63, 3.8) is 0 Å². The number of rotatable bonds is 3. The first-order valence-electron chi connectivity index (χ1n) is 6.64. The molecule has 3 aromatic heterocycles. The molecule has 0 fully saturated rings. The fourth-order valence-corrected chi connectivity index (χ4v) is 3.23. The summed E-state index contributed by atoms with van der Waals surface area (Å²) in [5.74, 6) is 1.72. The number of anilines is 2. The molecule has 0 aliphatic rings. The Morgan fingerprint density at radius 1 is 1.09 bits per heavy atom. The summed E-state index contributed by atoms with van der Waals surface area (Å²) in [6.07, 6.45) is 3.17. The second-order valence-corrected chi connectivity index (χ2v) is 5.75. The molecule has 0 spiro atoms. The molecule has 0 saturated heterocycles. The van der Waals surface area contributed by atoms with Gasteiger partial charge >= 0.3 is 0 Å². The number of thiophene rings is 1. The van der Waals surface area contributed by atoms with E-state index in [1.54, 1.807) is 35.8 Å². The molecule has 116 valence electrons. The monoisotopic (exact) mass is 345 g/mol. The number of fused-ring (bicyclic) bond motifs is 1. The van der Waals surface area contributed by atoms with Crippen molar-refractivity contribution >= 4 is 45.5 Å². The highest BCUT2D eigenvalue weighted by Crippen LogP contribution is 2.36. The van der Waals surface area contributed by atoms with Crippen molar-refractivity contribution in [2.45, 2.75) is 0 Å². The number of hydrogen-bond donors (Lipinski definition) is 2. The molecule has 0 aliphatic carbocycles. The summed E-state index contributed by atoms with van der Waals surface area (Å²) in [4.78, 5) is 9.60. The molecule has 0 amide bonds. The number of aromatic nitrogens is 2. The minimum atomic E-state index is 0. The lowest BCUT2D eigenvalue weighted by atomic mass is 10.3. The summed E-state index contributed by atoms with van der Waals surface area (Å²) < 4.78 is 6.37. The number of nitrogens with one attached hydrogen (secondary N) is 1. The molecule has 5 nitrogen and oxygen atoms in total. The zero-order chi connectivity index (χ0) is 14.9. The Morgan fingerprint density at radius 3 is 2.78 bits per heavy atom. The molecule has 1 aromatic carbocycles. The standard InChI is InChI=1S/C16H11N3O2S.ClH/c20-11-4-1-3-10(7-11)19-16-15-12(17-9-18-16)8-14(22-15)13-5-2-6-21-13;/h1-9,20H,(H,17,18,19);1H. The van der Waals surface area contributed by atoms with Crippen LogP contribution in [0.2, 0.25) is 0 Å². The highest BCUT2D eigenvalue weighted by atomic mass is 35.5. The highest BCUT2D eigenvalue weighted by molar-refractivity contribution is 7.22. The van der Waals surface area contributed by atoms with Gasteiger partial charge in [-0.25, -0.2) is 9.97 Å². The average Bonchev–Trinajstić information content (AvgIpc) is 3.17. The maximum atomic E-state index is 9.55. The van der Waals surface area contributed by atoms with Crippen molar-refractivity contribution in [1.82, 2.24) is 9.97 Å². The van der Waals surface area contributed by atoms with Crippen LogP contribution in [-0.4, -0.2) is 15.1 Å². The molecule has 23 heavy (non-hydrogen) atoms. The number of furan rings is 1. The van der Waals surface area contributed by atoms with Crippen molar-refractivity contribution in [2.24, 2.45) is 0 Å². The molecule has 4 aromatic rings. The van der Waals surface area contributed by atoms with E-state index in [1.165, 1.54) is 6.33 Å². The molecule has 0 saturated carbocycles. The predicted octanol–water partition coefficient (Wildman–Crippen LogP) is 4.82. The summed E-state index contributed by atoms with van der Waals surface area (Å²) >= 11 is 1.56. The van der Waals surface area contributed by atoms with E-state index >= 15 is 0 Å². The lowest BCUT2D eigenvalue weighted by molar-refractivity contribution is 0.475. The normalized spacial score (nSPS) is 10.4. The van der Waals surface area contributed by atoms with Crippen LogP contribution in [0.4, 0.5) is 11.5 Å². The van der Waals surface area contributed by atoms with Gasteiger partial charge in [-0.15, -0.1) is 23.7 Å². The van der Waals surface area contributed by atoms with Crippen molar-refractivity contribution in [3.8, 4) is 16.4 Å². The molecule has 4 rings (SSSR count). The number of phenols is 1. The zero-order valence-corrected chi connectivity index (χ0v) is 13.4. The number of halogens is 1. The van der Waals surface area contributed by atoms with Gasteiger partial charge in [0, 0.05) is 11.8 Å². The van der Waals surface area contributed by atoms with Crippen molar-refractivity contribution in [3.05, 3.63) is 55.1 Å². The largest absolute Gasteiger partial charge is 0.508 e. The van der Waals surface area contributed by atoms with Gasteiger partial charge in [-0.3, -0.25) is 0 Å². The van der Waals surface area contributed by atoms with E-state index in [4.69, 9.17) is 4.42 Å². The van der Waals surface area contributed by atoms with Crippen LogP contribution in [0.3, 0.4) is 0 Å². The lowest BCUT2D eigenvalue weighted by Gasteiger charge is -2.06. The second-order valence-electron chi connectivity index (χ2n) is 4.70. The Morgan fingerprint density at radius 2 is 2.00 bits per heavy atom. The van der Waals surface area contributed by atoms with Crippen LogP contribution < -0.4 is 5.32 Å². The Bertz CT molecular complexity index is 938. The molecule has 0 radical (unpaired) electrons. The van der Waals surface area contributed by atoms with Crippen molar-refractivity contribution < 1.29 is 9.52 Å². The van der Waals surface area contributed by atoms with Crippen molar-refractivity contribution in [2.75, 3.05) is 5.32 Å². The molecule has 0 bridgehead atoms. The third-order valence-electron chi connectivity index (χ3n) is 3.18. The minimum absolute atomic E-state index is 0. The van der Waals surface area contributed by atoms with E-state index in [1.807, 2.05) is 24.3 Å². The van der Waals surface area contributed by atoms with Gasteiger partial charge in [-0.2, -0.15) is 0 Å². The molecular weight excluding hydrogens is 334 g/mol. The minimum Gasteiger partial charge on any atom is -0.508 e. The van der Waals surface area contributed by atoms with Crippen molar-refractivity contribution in [1.29, 1.82) is 0 Å². The summed E-state index contributed by atoms with van der Waals surface area (Å²) in [7, 11) is 0. The van der Waals surface area contributed by atoms with E-state index < -0.39 is 0 Å². The predicted molar refractivity (Wildman–Crippen MR) is 93.8 cm³/mol. The first-order chi connectivity index (χ1) is 10.8. The van der Waals surface area contributed by atoms with Gasteiger partial charge in [-0.1, -0.05) is 6.07 Å². The van der Waals surface area contributed by atoms with Crippen LogP contribution in [0.1, 0.15) is 0 Å². The SMILES string of the molecule is Cl.Oc1cccc(Nc2ncnc3cc(-c4ccco4)sc23)c1. The van der Waals surface area contributed by atoms with Gasteiger partial charge in [0.2, 0.25) is 0 Å². The summed E-state index contributed by atoms with van der Waals surface area (Å²) in [6.45, 7) is 0. The van der Waals surface area contributed by atoms with Crippen LogP contribution in [0.5, 0.6) is 5.75 Å². The van der Waals surface area contributed by atoms with Gasteiger partial charge < -0.3 is 14.8 Å². The second kappa shape index (κ2) is 6.28. The summed E-state index contributed by atoms with van der Waals surface area (Å²) in [5.41, 5.74) is 1.63. The Kier molecular flexibility index (Phi) is 4.18. The molecule has 0 atom stereocenters. The fourth-order valence-electron chi connectivity index (χ4n) is 2.20.